The number of nitrogens with zero attached hydrogens (tertiary/aromatic N) is 2. The van der Waals surface area contributed by atoms with Gasteiger partial charge in [-0.2, -0.15) is 11.8 Å². The fraction of sp³-hybridized carbons (Fsp3) is 0.588. The minimum Gasteiger partial charge on any atom is -0.377 e. The summed E-state index contributed by atoms with van der Waals surface area (Å²) in [5, 5.41) is 3.03. The zero-order valence-corrected chi connectivity index (χ0v) is 14.9. The van der Waals surface area contributed by atoms with Gasteiger partial charge in [-0.1, -0.05) is 12.1 Å². The van der Waals surface area contributed by atoms with E-state index >= 15 is 0 Å². The molecule has 4 nitrogen and oxygen atoms in total. The Morgan fingerprint density at radius 1 is 1.36 bits per heavy atom. The Morgan fingerprint density at radius 3 is 2.73 bits per heavy atom. The van der Waals surface area contributed by atoms with Gasteiger partial charge in [0.1, 0.15) is 0 Å². The van der Waals surface area contributed by atoms with Crippen LogP contribution in [-0.4, -0.2) is 56.0 Å². The molecule has 1 atom stereocenters. The second-order valence-electron chi connectivity index (χ2n) is 6.22. The number of carbonyl (C=O) groups is 1. The molecule has 0 aromatic heterocycles. The van der Waals surface area contributed by atoms with Crippen molar-refractivity contribution in [2.75, 3.05) is 44.1 Å². The van der Waals surface area contributed by atoms with E-state index < -0.39 is 0 Å². The van der Waals surface area contributed by atoms with Crippen LogP contribution in [0.1, 0.15) is 17.5 Å². The van der Waals surface area contributed by atoms with Gasteiger partial charge in [-0.15, -0.1) is 0 Å². The molecule has 1 fully saturated rings. The van der Waals surface area contributed by atoms with E-state index in [0.717, 1.165) is 11.3 Å². The molecule has 1 aliphatic rings. The fourth-order valence-electron chi connectivity index (χ4n) is 2.81. The largest absolute Gasteiger partial charge is 0.377 e. The average Bonchev–Trinajstić information content (AvgIpc) is 2.99. The molecule has 1 aliphatic heterocycles. The standard InChI is InChI=1S/C17H27N3OS/c1-13-9-14(5-6-16(13)19(2)3)10-18-17(21)11-20(4)15-7-8-22-12-15/h5-6,9,15H,7-8,10-12H2,1-4H3,(H,18,21)/t15-/m1/s1. The molecule has 1 aromatic rings. The Hall–Kier alpha value is -1.20. The maximum absolute atomic E-state index is 12.1. The highest BCUT2D eigenvalue weighted by Gasteiger charge is 2.21. The fourth-order valence-corrected chi connectivity index (χ4v) is 4.11. The molecule has 1 N–H and O–H groups in total. The number of carbonyl (C=O) groups excluding carboxylic acids is 1. The third-order valence-electron chi connectivity index (χ3n) is 4.15. The van der Waals surface area contributed by atoms with Crippen LogP contribution in [0.5, 0.6) is 0 Å². The van der Waals surface area contributed by atoms with Gasteiger partial charge < -0.3 is 10.2 Å². The lowest BCUT2D eigenvalue weighted by Crippen LogP contribution is -2.40. The molecule has 0 bridgehead atoms. The predicted octanol–water partition coefficient (Wildman–Crippen LogP) is 2.11. The number of rotatable bonds is 6. The molecule has 0 saturated carbocycles. The summed E-state index contributed by atoms with van der Waals surface area (Å²) in [5.41, 5.74) is 3.60. The Bertz CT molecular complexity index is 513. The van der Waals surface area contributed by atoms with E-state index in [0.29, 0.717) is 19.1 Å². The minimum absolute atomic E-state index is 0.105. The lowest BCUT2D eigenvalue weighted by atomic mass is 10.1. The maximum Gasteiger partial charge on any atom is 0.234 e. The van der Waals surface area contributed by atoms with E-state index in [4.69, 9.17) is 0 Å². The summed E-state index contributed by atoms with van der Waals surface area (Å²) in [5.74, 6) is 2.47. The van der Waals surface area contributed by atoms with Crippen molar-refractivity contribution in [2.45, 2.75) is 25.9 Å². The van der Waals surface area contributed by atoms with Crippen LogP contribution in [0, 0.1) is 6.92 Å². The number of thioether (sulfide) groups is 1. The van der Waals surface area contributed by atoms with Gasteiger partial charge in [-0.05, 0) is 43.3 Å². The van der Waals surface area contributed by atoms with Crippen molar-refractivity contribution in [1.29, 1.82) is 0 Å². The molecule has 0 spiro atoms. The van der Waals surface area contributed by atoms with Crippen molar-refractivity contribution in [3.8, 4) is 0 Å². The topological polar surface area (TPSA) is 35.6 Å². The van der Waals surface area contributed by atoms with E-state index in [1.54, 1.807) is 0 Å². The first-order valence-electron chi connectivity index (χ1n) is 7.79. The molecule has 1 aromatic carbocycles. The Labute approximate surface area is 138 Å². The summed E-state index contributed by atoms with van der Waals surface area (Å²) >= 11 is 1.98. The summed E-state index contributed by atoms with van der Waals surface area (Å²) in [7, 11) is 6.13. The highest BCUT2D eigenvalue weighted by Crippen LogP contribution is 2.21. The molecular weight excluding hydrogens is 294 g/mol. The molecule has 22 heavy (non-hydrogen) atoms. The van der Waals surface area contributed by atoms with Crippen molar-refractivity contribution in [3.05, 3.63) is 29.3 Å². The Kier molecular flexibility index (Phi) is 6.15. The van der Waals surface area contributed by atoms with Crippen LogP contribution in [-0.2, 0) is 11.3 Å². The van der Waals surface area contributed by atoms with Crippen LogP contribution in [0.2, 0.25) is 0 Å². The molecule has 1 saturated heterocycles. The van der Waals surface area contributed by atoms with E-state index in [1.165, 1.54) is 23.4 Å². The van der Waals surface area contributed by atoms with E-state index in [9.17, 15) is 4.79 Å². The number of hydrogen-bond donors (Lipinski definition) is 1. The summed E-state index contributed by atoms with van der Waals surface area (Å²) in [6, 6.07) is 6.89. The van der Waals surface area contributed by atoms with Crippen LogP contribution in [0.15, 0.2) is 18.2 Å². The quantitative estimate of drug-likeness (QED) is 0.870. The van der Waals surface area contributed by atoms with Gasteiger partial charge in [0.2, 0.25) is 5.91 Å². The smallest absolute Gasteiger partial charge is 0.234 e. The number of anilines is 1. The molecule has 5 heteroatoms. The van der Waals surface area contributed by atoms with Crippen LogP contribution < -0.4 is 10.2 Å². The summed E-state index contributed by atoms with van der Waals surface area (Å²) in [6.07, 6.45) is 1.19. The molecule has 0 radical (unpaired) electrons. The van der Waals surface area contributed by atoms with Crippen molar-refractivity contribution in [2.24, 2.45) is 0 Å². The Balaban J connectivity index is 1.82. The van der Waals surface area contributed by atoms with Crippen molar-refractivity contribution in [1.82, 2.24) is 10.2 Å². The molecule has 2 rings (SSSR count). The Morgan fingerprint density at radius 2 is 2.14 bits per heavy atom. The monoisotopic (exact) mass is 321 g/mol. The lowest BCUT2D eigenvalue weighted by Gasteiger charge is -2.22. The van der Waals surface area contributed by atoms with Gasteiger partial charge in [0.05, 0.1) is 6.54 Å². The maximum atomic E-state index is 12.1. The van der Waals surface area contributed by atoms with Crippen molar-refractivity contribution < 1.29 is 4.79 Å². The molecule has 1 amide bonds. The second kappa shape index (κ2) is 7.88. The number of likely N-dealkylation sites (N-methyl/N-ethyl adjacent to an activating group) is 1. The minimum atomic E-state index is 0.105. The number of benzene rings is 1. The van der Waals surface area contributed by atoms with Crippen LogP contribution >= 0.6 is 11.8 Å². The number of amides is 1. The first kappa shape index (κ1) is 17.2. The van der Waals surface area contributed by atoms with Gasteiger partial charge in [0.15, 0.2) is 0 Å². The van der Waals surface area contributed by atoms with Gasteiger partial charge in [-0.3, -0.25) is 9.69 Å². The molecule has 1 heterocycles. The first-order valence-corrected chi connectivity index (χ1v) is 8.94. The SMILES string of the molecule is Cc1cc(CNC(=O)CN(C)[C@@H]2CCSC2)ccc1N(C)C. The van der Waals surface area contributed by atoms with Crippen LogP contribution in [0.4, 0.5) is 5.69 Å². The average molecular weight is 321 g/mol. The zero-order valence-electron chi connectivity index (χ0n) is 14.1. The van der Waals surface area contributed by atoms with Crippen LogP contribution in [0.25, 0.3) is 0 Å². The summed E-state index contributed by atoms with van der Waals surface area (Å²) < 4.78 is 0. The van der Waals surface area contributed by atoms with Gasteiger partial charge in [0, 0.05) is 38.1 Å². The third-order valence-corrected chi connectivity index (χ3v) is 5.30. The highest BCUT2D eigenvalue weighted by molar-refractivity contribution is 7.99. The summed E-state index contributed by atoms with van der Waals surface area (Å²) in [4.78, 5) is 16.4. The van der Waals surface area contributed by atoms with Gasteiger partial charge in [-0.25, -0.2) is 0 Å². The molecular formula is C17H27N3OS. The van der Waals surface area contributed by atoms with E-state index in [1.807, 2.05) is 32.9 Å². The normalized spacial score (nSPS) is 17.8. The number of aryl methyl sites for hydroxylation is 1. The van der Waals surface area contributed by atoms with Gasteiger partial charge >= 0.3 is 0 Å². The second-order valence-corrected chi connectivity index (χ2v) is 7.37. The highest BCUT2D eigenvalue weighted by atomic mass is 32.2. The lowest BCUT2D eigenvalue weighted by molar-refractivity contribution is -0.122. The van der Waals surface area contributed by atoms with Crippen molar-refractivity contribution >= 4 is 23.4 Å². The molecule has 122 valence electrons. The first-order chi connectivity index (χ1) is 10.5. The van der Waals surface area contributed by atoms with Gasteiger partial charge in [0.25, 0.3) is 0 Å². The van der Waals surface area contributed by atoms with Crippen molar-refractivity contribution in [3.63, 3.8) is 0 Å². The predicted molar refractivity (Wildman–Crippen MR) is 95.7 cm³/mol. The molecule has 0 unspecified atom stereocenters. The van der Waals surface area contributed by atoms with Crippen LogP contribution in [0.3, 0.4) is 0 Å². The summed E-state index contributed by atoms with van der Waals surface area (Å²) in [6.45, 7) is 3.19. The van der Waals surface area contributed by atoms with E-state index in [2.05, 4.69) is 40.2 Å². The number of nitrogens with one attached hydrogen (secondary N) is 1. The molecule has 0 aliphatic carbocycles. The third kappa shape index (κ3) is 4.65. The zero-order chi connectivity index (χ0) is 16.1. The van der Waals surface area contributed by atoms with E-state index in [-0.39, 0.29) is 5.91 Å². The number of hydrogen-bond acceptors (Lipinski definition) is 4.